The average molecular weight is 1680 g/mol. The second-order valence-corrected chi connectivity index (χ2v) is 25.7. The molecule has 0 aliphatic rings. The molecule has 33 nitrogen and oxygen atoms in total. The highest BCUT2D eigenvalue weighted by Gasteiger charge is 2.31. The number of ether oxygens (including phenoxy) is 11. The fraction of sp³-hybridized carbons (Fsp3) is 0.115. The normalized spacial score (nSPS) is 9.98. The summed E-state index contributed by atoms with van der Waals surface area (Å²) in [7, 11) is 0. The number of hydrogen-bond donors (Lipinski definition) is 7. The predicted octanol–water partition coefficient (Wildman–Crippen LogP) is 14.1. The van der Waals surface area contributed by atoms with Gasteiger partial charge in [-0.1, -0.05) is 83.5 Å². The van der Waals surface area contributed by atoms with E-state index in [9.17, 15) is 77.0 Å². The minimum Gasteiger partial charge on any atom is -0.508 e. The van der Waals surface area contributed by atoms with Gasteiger partial charge in [0.2, 0.25) is 28.3 Å². The zero-order valence-electron chi connectivity index (χ0n) is 66.0. The van der Waals surface area contributed by atoms with Gasteiger partial charge in [0.15, 0.2) is 51.7 Å². The van der Waals surface area contributed by atoms with Gasteiger partial charge >= 0.3 is 77.6 Å². The molecule has 8 aromatic carbocycles. The molecule has 34 heteroatoms. The number of benzene rings is 8. The maximum Gasteiger partial charge on any atom is 0.379 e. The Morgan fingerprint density at radius 2 is 0.479 bits per heavy atom. The number of phenols is 5. The van der Waals surface area contributed by atoms with Crippen molar-refractivity contribution in [3.05, 3.63) is 253 Å². The van der Waals surface area contributed by atoms with Gasteiger partial charge in [-0.05, 0) is 193 Å². The Bertz CT molecular complexity index is 5350. The molecule has 8 aromatic rings. The molecule has 121 heavy (non-hydrogen) atoms. The van der Waals surface area contributed by atoms with E-state index in [1.165, 1.54) is 91.8 Å². The molecule has 0 aliphatic carbocycles. The van der Waals surface area contributed by atoms with Crippen LogP contribution in [0.4, 0.5) is 0 Å². The summed E-state index contributed by atoms with van der Waals surface area (Å²) in [5.74, 6) is -21.2. The Morgan fingerprint density at radius 1 is 0.264 bits per heavy atom. The summed E-state index contributed by atoms with van der Waals surface area (Å²) in [6.07, 6.45) is 0. The van der Waals surface area contributed by atoms with Crippen LogP contribution in [0.1, 0.15) is 111 Å². The Morgan fingerprint density at radius 3 is 0.711 bits per heavy atom. The smallest absolute Gasteiger partial charge is 0.379 e. The molecule has 0 saturated carbocycles. The molecule has 0 bridgehead atoms. The SMILES string of the molecule is C=C(C)C(=O)Cl.C=C(C)C(=O)Oc1cc(C(=O)O)cc(OC(=O)C(=C)C)c1OC(=O)C(=C)C.C=C(C)C(=O)Oc1cc(C(=O)Oc2ccc3cc(OC(=O)c4cc(OC(=O)C(=C)C)c(OC(=O)C(C)=O)c(OC(=O)C(=C)C)c4)ccc3c2)cc(OC(=O)C(=C)C)c1OC(=O)C(=C)C.O=C(O)c1cc(O)c(O)c(O)c1.Oc1ccc2cc(O)ccc2c1. The van der Waals surface area contributed by atoms with E-state index in [-0.39, 0.29) is 89.8 Å². The third-order valence-electron chi connectivity index (χ3n) is 14.3. The standard InChI is InChI=1S/C47H38O17.C19H18O8.C10H8O2.C7H6O5.C4H5ClO/c1-22(2)40(49)59-34-18-30(19-35(60-41(50)23(3)4)38(34)63-44(53)26(9)10)46(55)57-32-14-12-29-17-33(15-13-28(29)16-32)58-47(56)31-20-36(61-42(51)24(5)6)39(64-45(54)27(11)48)37(21-31)62-43(52)25(7)8;1-9(2)17(22)25-13-7-12(16(20)21)8-14(26-18(23)10(3)4)15(13)27-19(24)11(5)6;11-9-3-1-7-5-10(12)4-2-8(7)6-9;8-4-1-3(7(11)12)2-5(9)6(4)10;1-3(2)4(5)6/h12-21H,1,3,5,7,9H2,2,4,6,8,10-11H3;7-8H,1,3,5H2,2,4,6H3,(H,20,21);1-6,11-12H;1-2,8-10H,(H,11,12);1H2,2H3. The minimum absolute atomic E-state index is 0.000214. The van der Waals surface area contributed by atoms with Gasteiger partial charge in [0.05, 0.1) is 22.3 Å². The Balaban J connectivity index is 0.000000430. The number of halogens is 1. The van der Waals surface area contributed by atoms with Crippen LogP contribution in [-0.4, -0.2) is 124 Å². The third kappa shape index (κ3) is 29.2. The molecule has 8 rings (SSSR count). The Labute approximate surface area is 692 Å². The molecular formula is C87H75ClO33. The highest BCUT2D eigenvalue weighted by molar-refractivity contribution is 6.67. The van der Waals surface area contributed by atoms with E-state index in [2.05, 4.69) is 59.2 Å². The van der Waals surface area contributed by atoms with Crippen molar-refractivity contribution in [3.8, 4) is 92.0 Å². The van der Waals surface area contributed by atoms with Crippen LogP contribution in [0.5, 0.6) is 92.0 Å². The number of esters is 11. The number of allylic oxidation sites excluding steroid dienone is 1. The van der Waals surface area contributed by atoms with Crippen molar-refractivity contribution in [2.24, 2.45) is 0 Å². The number of hydrogen-bond acceptors (Lipinski definition) is 31. The molecule has 0 aromatic heterocycles. The number of rotatable bonds is 25. The van der Waals surface area contributed by atoms with Gasteiger partial charge in [-0.2, -0.15) is 0 Å². The van der Waals surface area contributed by atoms with Crippen molar-refractivity contribution >= 4 is 122 Å². The van der Waals surface area contributed by atoms with Crippen LogP contribution < -0.4 is 52.1 Å². The largest absolute Gasteiger partial charge is 0.508 e. The summed E-state index contributed by atoms with van der Waals surface area (Å²) in [6, 6.07) is 26.3. The van der Waals surface area contributed by atoms with Crippen LogP contribution in [0.2, 0.25) is 0 Å². The lowest BCUT2D eigenvalue weighted by Gasteiger charge is -2.16. The first-order chi connectivity index (χ1) is 56.3. The van der Waals surface area contributed by atoms with E-state index < -0.39 is 158 Å². The molecule has 7 N–H and O–H groups in total. The maximum absolute atomic E-state index is 13.6. The Kier molecular flexibility index (Phi) is 34.8. The first-order valence-corrected chi connectivity index (χ1v) is 34.4. The molecular weight excluding hydrogens is 1610 g/mol. The lowest BCUT2D eigenvalue weighted by molar-refractivity contribution is -0.146. The number of carbonyl (C=O) groups excluding carboxylic acids is 13. The van der Waals surface area contributed by atoms with Crippen LogP contribution in [0.15, 0.2) is 231 Å². The molecule has 0 heterocycles. The lowest BCUT2D eigenvalue weighted by Crippen LogP contribution is -2.20. The molecule has 0 spiro atoms. The number of carboxylic acids is 2. The van der Waals surface area contributed by atoms with E-state index >= 15 is 0 Å². The van der Waals surface area contributed by atoms with Crippen LogP contribution in [0.25, 0.3) is 21.5 Å². The fourth-order valence-electron chi connectivity index (χ4n) is 8.10. The summed E-state index contributed by atoms with van der Waals surface area (Å²) >= 11 is 4.87. The zero-order chi connectivity index (χ0) is 91.6. The first kappa shape index (κ1) is 97.0. The summed E-state index contributed by atoms with van der Waals surface area (Å²) in [5.41, 5.74) is -1.31. The van der Waals surface area contributed by atoms with E-state index in [4.69, 9.17) is 94.3 Å². The van der Waals surface area contributed by atoms with Crippen LogP contribution in [-0.2, 0) is 52.7 Å². The highest BCUT2D eigenvalue weighted by Crippen LogP contribution is 2.44. The second-order valence-electron chi connectivity index (χ2n) is 25.4. The monoisotopic (exact) mass is 1680 g/mol. The van der Waals surface area contributed by atoms with Crippen LogP contribution in [0.3, 0.4) is 0 Å². The highest BCUT2D eigenvalue weighted by atomic mass is 35.5. The fourth-order valence-corrected chi connectivity index (χ4v) is 8.10. The van der Waals surface area contributed by atoms with Gasteiger partial charge in [-0.3, -0.25) is 9.59 Å². The summed E-state index contributed by atoms with van der Waals surface area (Å²) in [5, 5.41) is 64.8. The van der Waals surface area contributed by atoms with Gasteiger partial charge in [0.25, 0.3) is 0 Å². The van der Waals surface area contributed by atoms with Crippen LogP contribution in [0, 0.1) is 0 Å². The number of ketones is 1. The first-order valence-electron chi connectivity index (χ1n) is 34.1. The van der Waals surface area contributed by atoms with Crippen molar-refractivity contribution in [1.82, 2.24) is 0 Å². The molecule has 0 fully saturated rings. The summed E-state index contributed by atoms with van der Waals surface area (Å²) in [6.45, 7) is 44.3. The predicted molar refractivity (Wildman–Crippen MR) is 431 cm³/mol. The maximum atomic E-state index is 13.6. The molecule has 0 amide bonds. The number of aromatic carboxylic acids is 2. The number of fused-ring (bicyclic) bond motifs is 2. The van der Waals surface area contributed by atoms with Gasteiger partial charge in [-0.15, -0.1) is 0 Å². The van der Waals surface area contributed by atoms with Crippen LogP contribution >= 0.6 is 11.6 Å². The van der Waals surface area contributed by atoms with Gasteiger partial charge in [-0.25, -0.2) is 62.3 Å². The number of phenolic OH excluding ortho intramolecular Hbond substituents is 5. The van der Waals surface area contributed by atoms with Gasteiger partial charge in [0.1, 0.15) is 23.0 Å². The van der Waals surface area contributed by atoms with E-state index in [1.54, 1.807) is 43.3 Å². The molecule has 0 saturated heterocycles. The van der Waals surface area contributed by atoms with Gasteiger partial charge in [0, 0.05) is 57.1 Å². The molecule has 0 atom stereocenters. The number of carbonyl (C=O) groups is 15. The number of Topliss-reactive ketones (excluding diaryl/α,β-unsaturated/α-hetero) is 1. The van der Waals surface area contributed by atoms with E-state index in [1.807, 2.05) is 0 Å². The van der Waals surface area contributed by atoms with Crippen molar-refractivity contribution in [2.75, 3.05) is 0 Å². The van der Waals surface area contributed by atoms with E-state index in [0.29, 0.717) is 16.3 Å². The molecule has 628 valence electrons. The van der Waals surface area contributed by atoms with Gasteiger partial charge < -0.3 is 87.9 Å². The molecule has 0 radical (unpaired) electrons. The van der Waals surface area contributed by atoms with Crippen molar-refractivity contribution in [2.45, 2.75) is 69.2 Å². The number of carboxylic acid groups (broad SMARTS) is 2. The Hall–Kier alpha value is -16.3. The van der Waals surface area contributed by atoms with E-state index in [0.717, 1.165) is 66.2 Å². The summed E-state index contributed by atoms with van der Waals surface area (Å²) < 4.78 is 58.0. The quantitative estimate of drug-likeness (QED) is 0.00698. The number of aromatic hydroxyl groups is 5. The lowest BCUT2D eigenvalue weighted by atomic mass is 10.1. The van der Waals surface area contributed by atoms with Crippen molar-refractivity contribution in [3.63, 3.8) is 0 Å². The van der Waals surface area contributed by atoms with Crippen molar-refractivity contribution < 1.29 is 160 Å². The average Bonchev–Trinajstić information content (AvgIpc) is 0.799. The van der Waals surface area contributed by atoms with Crippen molar-refractivity contribution in [1.29, 1.82) is 0 Å². The molecule has 0 unspecified atom stereocenters. The minimum atomic E-state index is -1.41. The topological polar surface area (TPSA) is 499 Å². The second kappa shape index (κ2) is 43.4. The zero-order valence-corrected chi connectivity index (χ0v) is 66.8. The molecule has 0 aliphatic heterocycles. The third-order valence-corrected chi connectivity index (χ3v) is 14.6. The summed E-state index contributed by atoms with van der Waals surface area (Å²) in [4.78, 5) is 181.